The standard InChI is InChI=1S/K.Na.2H2O.H/h;;2*1H2;/q;+1;;;/p-1. The summed E-state index contributed by atoms with van der Waals surface area (Å²) < 4.78 is 0. The van der Waals surface area contributed by atoms with Gasteiger partial charge < -0.3 is 11.0 Å². The third kappa shape index (κ3) is 8.82. The largest absolute Gasteiger partial charge is 1.00 e. The average Bonchev–Trinajstić information content (AvgIpc) is 0. The Morgan fingerprint density at radius 2 is 1.00 bits per heavy atom. The van der Waals surface area contributed by atoms with Gasteiger partial charge in [-0.15, -0.1) is 0 Å². The first kappa shape index (κ1) is 31.0. The minimum absolute atomic E-state index is 0. The Labute approximate surface area is 89.7 Å². The topological polar surface area (TPSA) is 61.5 Å². The predicted octanol–water partition coefficient (Wildman–Crippen LogP) is -4.65. The van der Waals surface area contributed by atoms with Crippen molar-refractivity contribution in [2.45, 2.75) is 0 Å². The summed E-state index contributed by atoms with van der Waals surface area (Å²) in [6, 6.07) is 0. The summed E-state index contributed by atoms with van der Waals surface area (Å²) in [5.74, 6) is 0. The summed E-state index contributed by atoms with van der Waals surface area (Å²) in [5.41, 5.74) is 0. The fourth-order valence-corrected chi connectivity index (χ4v) is 0. The SMILES string of the molecule is O.[KH].[Na+].[OH-]. The summed E-state index contributed by atoms with van der Waals surface area (Å²) in [7, 11) is 0. The molecule has 4 heteroatoms. The summed E-state index contributed by atoms with van der Waals surface area (Å²) in [5, 5.41) is 0. The van der Waals surface area contributed by atoms with Crippen molar-refractivity contribution < 1.29 is 40.5 Å². The van der Waals surface area contributed by atoms with Gasteiger partial charge in [0, 0.05) is 0 Å². The molecule has 0 amide bonds. The Kier molecular flexibility index (Phi) is 137. The van der Waals surface area contributed by atoms with Crippen molar-refractivity contribution in [3.05, 3.63) is 0 Å². The van der Waals surface area contributed by atoms with E-state index in [1.165, 1.54) is 0 Å². The summed E-state index contributed by atoms with van der Waals surface area (Å²) in [6.07, 6.45) is 0. The van der Waals surface area contributed by atoms with Crippen LogP contribution in [0.3, 0.4) is 0 Å². The number of hydrogen-bond donors (Lipinski definition) is 0. The molecule has 4 heavy (non-hydrogen) atoms. The van der Waals surface area contributed by atoms with Crippen LogP contribution < -0.4 is 29.6 Å². The normalized spacial score (nSPS) is 0. The van der Waals surface area contributed by atoms with Crippen LogP contribution >= 0.6 is 0 Å². The smallest absolute Gasteiger partial charge is 0.870 e. The summed E-state index contributed by atoms with van der Waals surface area (Å²) in [4.78, 5) is 0. The van der Waals surface area contributed by atoms with Gasteiger partial charge in [-0.05, 0) is 0 Å². The molecule has 0 aromatic rings. The Balaban J connectivity index is 0. The fourth-order valence-electron chi connectivity index (χ4n) is 0. The molecule has 0 spiro atoms. The quantitative estimate of drug-likeness (QED) is 0.281. The second-order valence-corrected chi connectivity index (χ2v) is 0. The van der Waals surface area contributed by atoms with Crippen LogP contribution in [0, 0.1) is 0 Å². The first-order chi connectivity index (χ1) is 0. The Morgan fingerprint density at radius 1 is 1.00 bits per heavy atom. The van der Waals surface area contributed by atoms with E-state index in [1.54, 1.807) is 0 Å². The second kappa shape index (κ2) is 17.7. The van der Waals surface area contributed by atoms with Crippen LogP contribution in [0.25, 0.3) is 0 Å². The monoisotopic (exact) mass is 98.0 g/mol. The van der Waals surface area contributed by atoms with Crippen molar-refractivity contribution in [3.8, 4) is 0 Å². The first-order valence-corrected chi connectivity index (χ1v) is 0. The first-order valence-electron chi connectivity index (χ1n) is 0. The van der Waals surface area contributed by atoms with E-state index in [-0.39, 0.29) is 91.9 Å². The summed E-state index contributed by atoms with van der Waals surface area (Å²) in [6.45, 7) is 0. The molecule has 3 N–H and O–H groups in total. The Morgan fingerprint density at radius 3 is 1.00 bits per heavy atom. The molecule has 18 valence electrons. The molecule has 0 aliphatic heterocycles. The second-order valence-electron chi connectivity index (χ2n) is 0. The molecule has 0 saturated carbocycles. The van der Waals surface area contributed by atoms with Crippen molar-refractivity contribution in [2.75, 3.05) is 0 Å². The van der Waals surface area contributed by atoms with Gasteiger partial charge in [-0.1, -0.05) is 0 Å². The van der Waals surface area contributed by atoms with Crippen LogP contribution in [0.5, 0.6) is 0 Å². The molecule has 0 aliphatic carbocycles. The van der Waals surface area contributed by atoms with Crippen molar-refractivity contribution >= 4 is 51.4 Å². The van der Waals surface area contributed by atoms with Crippen LogP contribution in [-0.2, 0) is 0 Å². The molecule has 0 radical (unpaired) electrons. The molecule has 0 unspecified atom stereocenters. The van der Waals surface area contributed by atoms with Gasteiger partial charge in [0.2, 0.25) is 0 Å². The minimum Gasteiger partial charge on any atom is -0.870 e. The molecule has 2 nitrogen and oxygen atoms in total. The molecule has 0 rings (SSSR count). The van der Waals surface area contributed by atoms with Gasteiger partial charge in [0.05, 0.1) is 0 Å². The third-order valence-corrected chi connectivity index (χ3v) is 0. The molecule has 0 bridgehead atoms. The van der Waals surface area contributed by atoms with Gasteiger partial charge in [-0.3, -0.25) is 0 Å². The van der Waals surface area contributed by atoms with Crippen LogP contribution in [0.1, 0.15) is 0 Å². The average molecular weight is 98.1 g/mol. The van der Waals surface area contributed by atoms with Crippen molar-refractivity contribution in [2.24, 2.45) is 0 Å². The molecule has 0 atom stereocenters. The van der Waals surface area contributed by atoms with Gasteiger partial charge in [0.15, 0.2) is 0 Å². The zero-order chi connectivity index (χ0) is 0. The van der Waals surface area contributed by atoms with E-state index in [2.05, 4.69) is 0 Å². The molecular weight excluding hydrogens is 94.1 g/mol. The van der Waals surface area contributed by atoms with Crippen molar-refractivity contribution in [1.29, 1.82) is 0 Å². The Bertz CT molecular complexity index is 6.00. The van der Waals surface area contributed by atoms with Crippen molar-refractivity contribution in [1.82, 2.24) is 0 Å². The summed E-state index contributed by atoms with van der Waals surface area (Å²) >= 11 is 0. The number of hydrogen-bond acceptors (Lipinski definition) is 1. The van der Waals surface area contributed by atoms with Gasteiger partial charge in [-0.2, -0.15) is 0 Å². The van der Waals surface area contributed by atoms with E-state index in [0.717, 1.165) is 0 Å². The van der Waals surface area contributed by atoms with E-state index in [9.17, 15) is 0 Å². The minimum atomic E-state index is 0. The molecule has 0 aliphatic rings. The van der Waals surface area contributed by atoms with Crippen LogP contribution in [0.4, 0.5) is 0 Å². The van der Waals surface area contributed by atoms with Crippen LogP contribution in [0.15, 0.2) is 0 Å². The molecule has 0 aromatic heterocycles. The zero-order valence-electron chi connectivity index (χ0n) is 1.95. The zero-order valence-corrected chi connectivity index (χ0v) is 3.95. The van der Waals surface area contributed by atoms with Gasteiger partial charge in [0.25, 0.3) is 0 Å². The molecule has 0 saturated heterocycles. The van der Waals surface area contributed by atoms with Crippen LogP contribution in [-0.4, -0.2) is 62.3 Å². The van der Waals surface area contributed by atoms with E-state index in [4.69, 9.17) is 0 Å². The number of rotatable bonds is 0. The molecule has 0 fully saturated rings. The maximum atomic E-state index is 0. The van der Waals surface area contributed by atoms with Gasteiger partial charge >= 0.3 is 80.9 Å². The van der Waals surface area contributed by atoms with E-state index >= 15 is 0 Å². The maximum Gasteiger partial charge on any atom is 1.00 e. The third-order valence-electron chi connectivity index (χ3n) is 0. The fraction of sp³-hybridized carbons (Fsp3) is 0. The Hall–Kier alpha value is 2.56. The van der Waals surface area contributed by atoms with E-state index < -0.39 is 0 Å². The van der Waals surface area contributed by atoms with Gasteiger partial charge in [-0.25, -0.2) is 0 Å². The van der Waals surface area contributed by atoms with E-state index in [0.29, 0.717) is 0 Å². The van der Waals surface area contributed by atoms with Crippen molar-refractivity contribution in [3.63, 3.8) is 0 Å². The van der Waals surface area contributed by atoms with E-state index in [1.807, 2.05) is 0 Å². The molecule has 0 heterocycles. The molecule has 0 aromatic carbocycles. The van der Waals surface area contributed by atoms with Gasteiger partial charge in [0.1, 0.15) is 0 Å². The maximum absolute atomic E-state index is 0. The molecular formula is H4KNaO2. The van der Waals surface area contributed by atoms with Crippen LogP contribution in [0.2, 0.25) is 0 Å². The predicted molar refractivity (Wildman–Crippen MR) is 12.7 cm³/mol.